The Bertz CT molecular complexity index is 1710. The van der Waals surface area contributed by atoms with Gasteiger partial charge in [0.25, 0.3) is 0 Å². The van der Waals surface area contributed by atoms with Crippen LogP contribution in [0.4, 0.5) is 0 Å². The molecule has 0 saturated carbocycles. The van der Waals surface area contributed by atoms with Crippen LogP contribution in [0.1, 0.15) is 67.3 Å². The number of aromatic hydroxyl groups is 1. The molecular weight excluding hydrogens is 717 g/mol. The highest BCUT2D eigenvalue weighted by Crippen LogP contribution is 2.47. The molecule has 0 spiro atoms. The third-order valence-electron chi connectivity index (χ3n) is 10.5. The summed E-state index contributed by atoms with van der Waals surface area (Å²) in [5, 5.41) is 53.4. The predicted octanol–water partition coefficient (Wildman–Crippen LogP) is 3.28. The number of aliphatic imine (C=N–C) groups is 1. The molecule has 1 fully saturated rings. The molecule has 0 radical (unpaired) electrons. The monoisotopic (exact) mass is 768 g/mol. The molecule has 53 heavy (non-hydrogen) atoms. The molecule has 288 valence electrons. The third-order valence-corrected chi connectivity index (χ3v) is 13.0. The molecule has 0 amide bonds. The number of nitrogens with one attached hydrogen (secondary N) is 3. The number of carbonyl (C=O) groups excluding carboxylic acids is 1. The number of ketones is 1. The van der Waals surface area contributed by atoms with Crippen molar-refractivity contribution in [3.63, 3.8) is 0 Å². The van der Waals surface area contributed by atoms with Crippen molar-refractivity contribution >= 4 is 33.3 Å². The maximum absolute atomic E-state index is 13.1. The van der Waals surface area contributed by atoms with Crippen molar-refractivity contribution in [2.45, 2.75) is 89.7 Å². The van der Waals surface area contributed by atoms with E-state index in [-0.39, 0.29) is 61.2 Å². The van der Waals surface area contributed by atoms with Crippen LogP contribution in [0.25, 0.3) is 0 Å². The second kappa shape index (κ2) is 18.3. The Morgan fingerprint density at radius 1 is 1.02 bits per heavy atom. The van der Waals surface area contributed by atoms with Crippen LogP contribution in [-0.2, 0) is 30.5 Å². The van der Waals surface area contributed by atoms with Gasteiger partial charge < -0.3 is 45.3 Å². The molecule has 2 aromatic carbocycles. The van der Waals surface area contributed by atoms with E-state index in [4.69, 9.17) is 19.2 Å². The number of rotatable bonds is 7. The number of aliphatic hydroxyl groups excluding tert-OH is 3. The largest absolute Gasteiger partial charge is 0.504 e. The second-order valence-electron chi connectivity index (χ2n) is 14.5. The van der Waals surface area contributed by atoms with E-state index in [0.29, 0.717) is 66.8 Å². The van der Waals surface area contributed by atoms with Gasteiger partial charge in [-0.05, 0) is 68.2 Å². The van der Waals surface area contributed by atoms with Gasteiger partial charge in [0.2, 0.25) is 6.29 Å². The molecule has 1 saturated heterocycles. The van der Waals surface area contributed by atoms with Gasteiger partial charge in [0.1, 0.15) is 12.5 Å². The SMILES string of the molecule is CNCOc1c2cc(c3c1OC(O)C(C1CSSCC(C(C)C)NC4=NCCC1N4)C3)CCC(O)CC(=O)CCc1ccc(O)c(OCO)c1C#CC2. The summed E-state index contributed by atoms with van der Waals surface area (Å²) in [6.45, 7) is 4.67. The van der Waals surface area contributed by atoms with Crippen LogP contribution in [0.5, 0.6) is 23.0 Å². The number of aryl methyl sites for hydroxylation is 2. The van der Waals surface area contributed by atoms with Crippen molar-refractivity contribution in [3.05, 3.63) is 46.0 Å². The summed E-state index contributed by atoms with van der Waals surface area (Å²) in [7, 11) is 5.47. The lowest BCUT2D eigenvalue weighted by Gasteiger charge is -2.42. The quantitative estimate of drug-likeness (QED) is 0.124. The third kappa shape index (κ3) is 9.50. The van der Waals surface area contributed by atoms with Gasteiger partial charge in [0.15, 0.2) is 35.8 Å². The van der Waals surface area contributed by atoms with Gasteiger partial charge in [0.05, 0.1) is 11.7 Å². The number of Topliss-reactive ketones (excluding diaryl/α,β-unsaturated/α-hetero) is 1. The Morgan fingerprint density at radius 2 is 1.85 bits per heavy atom. The molecule has 14 heteroatoms. The second-order valence-corrected chi connectivity index (χ2v) is 17.0. The van der Waals surface area contributed by atoms with E-state index >= 15 is 0 Å². The van der Waals surface area contributed by atoms with Crippen LogP contribution in [-0.4, -0.2) is 95.3 Å². The van der Waals surface area contributed by atoms with Crippen molar-refractivity contribution in [1.29, 1.82) is 0 Å². The number of aliphatic hydroxyl groups is 3. The first-order valence-electron chi connectivity index (χ1n) is 18.6. The Labute approximate surface area is 319 Å². The lowest BCUT2D eigenvalue weighted by atomic mass is 9.78. The molecule has 4 bridgehead atoms. The standard InChI is InChI=1S/C39H52N4O8S2/c1-22(2)33-19-53-52-18-31(32-13-14-41-39(42-32)43-33)30-17-29-24-8-11-27(46)16-26(45)10-7-23-9-12-34(47)36(50-21-44)28(23)6-4-5-25(15-24)35(49-20-40-3)37(29)51-38(30)48/h9,12,15,22,27,30-33,38,40,44,46-48H,5,7-8,10-11,13-14,16-21H2,1-3H3,(H2,41,42,43). The molecule has 1 aliphatic carbocycles. The van der Waals surface area contributed by atoms with Crippen molar-refractivity contribution < 1.29 is 39.4 Å². The van der Waals surface area contributed by atoms with Crippen LogP contribution in [0.3, 0.4) is 0 Å². The number of hydrogen-bond donors (Lipinski definition) is 7. The Hall–Kier alpha value is -3.32. The van der Waals surface area contributed by atoms with Crippen LogP contribution < -0.4 is 30.2 Å². The van der Waals surface area contributed by atoms with Gasteiger partial charge in [-0.1, -0.05) is 59.4 Å². The summed E-state index contributed by atoms with van der Waals surface area (Å²) in [4.78, 5) is 17.8. The van der Waals surface area contributed by atoms with Crippen LogP contribution in [0, 0.1) is 29.6 Å². The van der Waals surface area contributed by atoms with Crippen molar-refractivity contribution in [2.75, 3.05) is 38.6 Å². The molecule has 2 aromatic rings. The number of hydrogen-bond acceptors (Lipinski definition) is 14. The van der Waals surface area contributed by atoms with Crippen LogP contribution in [0.2, 0.25) is 0 Å². The number of phenols is 1. The molecule has 4 aliphatic rings. The van der Waals surface area contributed by atoms with E-state index in [0.717, 1.165) is 40.6 Å². The topological polar surface area (TPSA) is 174 Å². The summed E-state index contributed by atoms with van der Waals surface area (Å²) in [5.74, 6) is 9.95. The number of benzene rings is 2. The van der Waals surface area contributed by atoms with Gasteiger partial charge in [0, 0.05) is 66.4 Å². The first kappa shape index (κ1) is 39.4. The molecule has 3 aliphatic heterocycles. The number of fused-ring (bicyclic) bond motifs is 7. The Balaban J connectivity index is 1.39. The number of carbonyl (C=O) groups is 1. The highest BCUT2D eigenvalue weighted by Gasteiger charge is 2.42. The zero-order valence-electron chi connectivity index (χ0n) is 30.7. The molecular formula is C39H52N4O8S2. The highest BCUT2D eigenvalue weighted by molar-refractivity contribution is 8.76. The fourth-order valence-electron chi connectivity index (χ4n) is 7.54. The van der Waals surface area contributed by atoms with E-state index in [9.17, 15) is 25.2 Å². The normalized spacial score (nSPS) is 26.4. The van der Waals surface area contributed by atoms with E-state index in [1.165, 1.54) is 6.07 Å². The lowest BCUT2D eigenvalue weighted by Crippen LogP contribution is -2.57. The fourth-order valence-corrected chi connectivity index (χ4v) is 10.5. The Morgan fingerprint density at radius 3 is 2.64 bits per heavy atom. The van der Waals surface area contributed by atoms with Gasteiger partial charge in [-0.3, -0.25) is 15.1 Å². The number of ether oxygens (including phenoxy) is 3. The zero-order chi connectivity index (χ0) is 37.5. The molecule has 6 unspecified atom stereocenters. The van der Waals surface area contributed by atoms with E-state index in [1.807, 2.05) is 21.6 Å². The fraction of sp³-hybridized carbons (Fsp3) is 0.590. The van der Waals surface area contributed by atoms with Crippen molar-refractivity contribution in [1.82, 2.24) is 16.0 Å². The van der Waals surface area contributed by atoms with E-state index < -0.39 is 19.2 Å². The summed E-state index contributed by atoms with van der Waals surface area (Å²) in [6, 6.07) is 5.59. The number of nitrogens with zero attached hydrogens (tertiary/aromatic N) is 1. The lowest BCUT2D eigenvalue weighted by molar-refractivity contribution is -0.121. The van der Waals surface area contributed by atoms with Gasteiger partial charge in [-0.15, -0.1) is 0 Å². The first-order chi connectivity index (χ1) is 25.7. The van der Waals surface area contributed by atoms with Crippen molar-refractivity contribution in [2.24, 2.45) is 22.7 Å². The maximum atomic E-state index is 13.1. The van der Waals surface area contributed by atoms with Crippen molar-refractivity contribution in [3.8, 4) is 34.8 Å². The highest BCUT2D eigenvalue weighted by atomic mass is 33.1. The summed E-state index contributed by atoms with van der Waals surface area (Å²) < 4.78 is 18.2. The zero-order valence-corrected chi connectivity index (χ0v) is 32.3. The average Bonchev–Trinajstić information content (AvgIpc) is 3.13. The summed E-state index contributed by atoms with van der Waals surface area (Å²) >= 11 is 0. The number of guanidine groups is 1. The summed E-state index contributed by atoms with van der Waals surface area (Å²) in [6.07, 6.45) is 1.05. The Kier molecular flexibility index (Phi) is 13.6. The molecule has 3 heterocycles. The molecule has 6 atom stereocenters. The van der Waals surface area contributed by atoms with Crippen LogP contribution >= 0.6 is 21.6 Å². The molecule has 12 nitrogen and oxygen atoms in total. The minimum absolute atomic E-state index is 0.00917. The van der Waals surface area contributed by atoms with E-state index in [2.05, 4.69) is 47.7 Å². The van der Waals surface area contributed by atoms with Gasteiger partial charge in [-0.2, -0.15) is 0 Å². The first-order valence-corrected chi connectivity index (χ1v) is 21.0. The molecule has 0 aromatic heterocycles. The molecule has 7 N–H and O–H groups in total. The molecule has 6 rings (SSSR count). The minimum Gasteiger partial charge on any atom is -0.504 e. The van der Waals surface area contributed by atoms with Gasteiger partial charge >= 0.3 is 0 Å². The average molecular weight is 769 g/mol. The van der Waals surface area contributed by atoms with E-state index in [1.54, 1.807) is 13.1 Å². The predicted molar refractivity (Wildman–Crippen MR) is 208 cm³/mol. The smallest absolute Gasteiger partial charge is 0.201 e. The van der Waals surface area contributed by atoms with Crippen LogP contribution in [0.15, 0.2) is 23.2 Å². The number of phenolic OH excluding ortho intramolecular Hbond substituents is 1. The minimum atomic E-state index is -1.10. The maximum Gasteiger partial charge on any atom is 0.201 e. The summed E-state index contributed by atoms with van der Waals surface area (Å²) in [5.41, 5.74) is 3.69. The van der Waals surface area contributed by atoms with Gasteiger partial charge in [-0.25, -0.2) is 0 Å².